The predicted molar refractivity (Wildman–Crippen MR) is 115 cm³/mol. The summed E-state index contributed by atoms with van der Waals surface area (Å²) in [6.07, 6.45) is 3.71. The third-order valence-corrected chi connectivity index (χ3v) is 6.38. The van der Waals surface area contributed by atoms with Gasteiger partial charge in [-0.2, -0.15) is 0 Å². The smallest absolute Gasteiger partial charge is 0.122 e. The van der Waals surface area contributed by atoms with Crippen molar-refractivity contribution in [3.05, 3.63) is 74.7 Å². The molecule has 0 spiro atoms. The lowest BCUT2D eigenvalue weighted by atomic mass is 10.3. The second-order valence-corrected chi connectivity index (χ2v) is 8.83. The van der Waals surface area contributed by atoms with Crippen LogP contribution in [0.15, 0.2) is 53.7 Å². The van der Waals surface area contributed by atoms with Gasteiger partial charge >= 0.3 is 0 Å². The van der Waals surface area contributed by atoms with Gasteiger partial charge in [0.15, 0.2) is 0 Å². The first-order valence-corrected chi connectivity index (χ1v) is 10.5. The van der Waals surface area contributed by atoms with E-state index in [1.54, 1.807) is 36.2 Å². The Labute approximate surface area is 182 Å². The molecule has 1 unspecified atom stereocenters. The first-order valence-electron chi connectivity index (χ1n) is 8.09. The lowest BCUT2D eigenvalue weighted by molar-refractivity contribution is 0.307. The highest BCUT2D eigenvalue weighted by Crippen LogP contribution is 2.37. The summed E-state index contributed by atoms with van der Waals surface area (Å²) in [4.78, 5) is 5.11. The van der Waals surface area contributed by atoms with Gasteiger partial charge in [-0.3, -0.25) is 0 Å². The lowest BCUT2D eigenvalue weighted by Gasteiger charge is -2.20. The minimum Gasteiger partial charge on any atom is -0.492 e. The van der Waals surface area contributed by atoms with Crippen molar-refractivity contribution in [3.63, 3.8) is 0 Å². The van der Waals surface area contributed by atoms with Crippen LogP contribution in [0.25, 0.3) is 0 Å². The molecular formula is C19H16Cl4N2OS. The molecule has 1 atom stereocenters. The molecule has 1 aromatic heterocycles. The van der Waals surface area contributed by atoms with Gasteiger partial charge in [0.05, 0.1) is 15.3 Å². The van der Waals surface area contributed by atoms with Crippen molar-refractivity contribution < 1.29 is 4.74 Å². The molecule has 0 N–H and O–H groups in total. The molecule has 0 aliphatic heterocycles. The highest BCUT2D eigenvalue weighted by Gasteiger charge is 2.18. The van der Waals surface area contributed by atoms with E-state index in [0.717, 1.165) is 10.7 Å². The molecule has 3 nitrogen and oxygen atoms in total. The van der Waals surface area contributed by atoms with Crippen LogP contribution in [0.4, 0.5) is 0 Å². The van der Waals surface area contributed by atoms with Crippen LogP contribution in [0.1, 0.15) is 5.82 Å². The van der Waals surface area contributed by atoms with Crippen molar-refractivity contribution in [1.29, 1.82) is 0 Å². The standard InChI is InChI=1S/C19H16Cl4N2OS/c1-12-24-5-6-25(12)10-16(27-19-17(22)3-2-4-18(19)23)11-26-15-8-13(20)7-14(21)9-15/h2-9,16H,10-11H2,1H3. The number of thioether (sulfide) groups is 1. The highest BCUT2D eigenvalue weighted by atomic mass is 35.5. The molecule has 0 saturated carbocycles. The first kappa shape index (κ1) is 20.7. The number of halogens is 4. The number of rotatable bonds is 7. The Balaban J connectivity index is 1.79. The van der Waals surface area contributed by atoms with Gasteiger partial charge in [-0.15, -0.1) is 11.8 Å². The molecule has 0 aliphatic rings. The minimum atomic E-state index is 0.0352. The Morgan fingerprint density at radius 1 is 1.07 bits per heavy atom. The van der Waals surface area contributed by atoms with Crippen LogP contribution in [-0.2, 0) is 6.54 Å². The number of hydrogen-bond acceptors (Lipinski definition) is 3. The van der Waals surface area contributed by atoms with Gasteiger partial charge in [0.1, 0.15) is 18.2 Å². The molecular weight excluding hydrogens is 446 g/mol. The monoisotopic (exact) mass is 460 g/mol. The Bertz CT molecular complexity index is 891. The van der Waals surface area contributed by atoms with Gasteiger partial charge in [0, 0.05) is 33.9 Å². The fraction of sp³-hybridized carbons (Fsp3) is 0.211. The van der Waals surface area contributed by atoms with Crippen LogP contribution < -0.4 is 4.74 Å². The molecule has 3 aromatic rings. The van der Waals surface area contributed by atoms with Gasteiger partial charge in [0.2, 0.25) is 0 Å². The largest absolute Gasteiger partial charge is 0.492 e. The van der Waals surface area contributed by atoms with E-state index in [0.29, 0.717) is 39.0 Å². The van der Waals surface area contributed by atoms with E-state index >= 15 is 0 Å². The second kappa shape index (κ2) is 9.44. The van der Waals surface area contributed by atoms with Crippen LogP contribution in [0.5, 0.6) is 5.75 Å². The molecule has 3 rings (SSSR count). The maximum absolute atomic E-state index is 6.35. The van der Waals surface area contributed by atoms with Gasteiger partial charge in [-0.05, 0) is 37.3 Å². The van der Waals surface area contributed by atoms with Gasteiger partial charge in [-0.1, -0.05) is 52.5 Å². The number of imidazole rings is 1. The molecule has 0 aliphatic carbocycles. The zero-order chi connectivity index (χ0) is 19.4. The minimum absolute atomic E-state index is 0.0352. The molecule has 0 radical (unpaired) electrons. The average molecular weight is 462 g/mol. The van der Waals surface area contributed by atoms with E-state index in [1.165, 1.54) is 0 Å². The van der Waals surface area contributed by atoms with E-state index in [9.17, 15) is 0 Å². The molecule has 0 bridgehead atoms. The van der Waals surface area contributed by atoms with Crippen LogP contribution in [0, 0.1) is 6.92 Å². The molecule has 0 amide bonds. The zero-order valence-electron chi connectivity index (χ0n) is 14.3. The molecule has 142 valence electrons. The highest BCUT2D eigenvalue weighted by molar-refractivity contribution is 8.00. The first-order chi connectivity index (χ1) is 12.9. The predicted octanol–water partition coefficient (Wildman–Crippen LogP) is 7.05. The normalized spacial score (nSPS) is 12.2. The summed E-state index contributed by atoms with van der Waals surface area (Å²) in [6, 6.07) is 10.6. The molecule has 0 fully saturated rings. The van der Waals surface area contributed by atoms with Crippen LogP contribution in [-0.4, -0.2) is 21.4 Å². The van der Waals surface area contributed by atoms with Crippen molar-refractivity contribution >= 4 is 58.2 Å². The number of aryl methyl sites for hydroxylation is 1. The van der Waals surface area contributed by atoms with E-state index in [4.69, 9.17) is 51.1 Å². The topological polar surface area (TPSA) is 27.1 Å². The number of hydrogen-bond donors (Lipinski definition) is 0. The number of benzene rings is 2. The van der Waals surface area contributed by atoms with Crippen molar-refractivity contribution in [2.45, 2.75) is 23.6 Å². The van der Waals surface area contributed by atoms with Crippen LogP contribution in [0.2, 0.25) is 20.1 Å². The fourth-order valence-corrected chi connectivity index (χ4v) is 4.74. The van der Waals surface area contributed by atoms with E-state index < -0.39 is 0 Å². The molecule has 8 heteroatoms. The average Bonchev–Trinajstić information content (AvgIpc) is 3.00. The van der Waals surface area contributed by atoms with E-state index in [-0.39, 0.29) is 5.25 Å². The fourth-order valence-electron chi connectivity index (χ4n) is 2.50. The Hall–Kier alpha value is -1.04. The third kappa shape index (κ3) is 5.72. The SMILES string of the molecule is Cc1nccn1CC(COc1cc(Cl)cc(Cl)c1)Sc1c(Cl)cccc1Cl. The number of aromatic nitrogens is 2. The van der Waals surface area contributed by atoms with E-state index in [2.05, 4.69) is 9.55 Å². The second-order valence-electron chi connectivity index (χ2n) is 5.83. The molecule has 0 saturated heterocycles. The maximum Gasteiger partial charge on any atom is 0.122 e. The Kier molecular flexibility index (Phi) is 7.23. The van der Waals surface area contributed by atoms with Crippen molar-refractivity contribution in [1.82, 2.24) is 9.55 Å². The van der Waals surface area contributed by atoms with Crippen LogP contribution in [0.3, 0.4) is 0 Å². The zero-order valence-corrected chi connectivity index (χ0v) is 18.2. The van der Waals surface area contributed by atoms with Gasteiger partial charge in [-0.25, -0.2) is 4.98 Å². The number of nitrogens with zero attached hydrogens (tertiary/aromatic N) is 2. The summed E-state index contributed by atoms with van der Waals surface area (Å²) >= 11 is 26.4. The quantitative estimate of drug-likeness (QED) is 0.353. The third-order valence-electron chi connectivity index (χ3n) is 3.80. The Morgan fingerprint density at radius 2 is 1.74 bits per heavy atom. The Morgan fingerprint density at radius 3 is 2.33 bits per heavy atom. The van der Waals surface area contributed by atoms with Crippen molar-refractivity contribution in [2.75, 3.05) is 6.61 Å². The number of ether oxygens (including phenoxy) is 1. The van der Waals surface area contributed by atoms with Gasteiger partial charge in [0.25, 0.3) is 0 Å². The summed E-state index contributed by atoms with van der Waals surface area (Å²) < 4.78 is 8.03. The summed E-state index contributed by atoms with van der Waals surface area (Å²) in [7, 11) is 0. The summed E-state index contributed by atoms with van der Waals surface area (Å²) in [5.41, 5.74) is 0. The molecule has 1 heterocycles. The molecule has 2 aromatic carbocycles. The summed E-state index contributed by atoms with van der Waals surface area (Å²) in [6.45, 7) is 3.06. The maximum atomic E-state index is 6.35. The lowest BCUT2D eigenvalue weighted by Crippen LogP contribution is -2.21. The van der Waals surface area contributed by atoms with Crippen molar-refractivity contribution in [3.8, 4) is 5.75 Å². The van der Waals surface area contributed by atoms with E-state index in [1.807, 2.05) is 31.3 Å². The van der Waals surface area contributed by atoms with Crippen molar-refractivity contribution in [2.24, 2.45) is 0 Å². The summed E-state index contributed by atoms with van der Waals surface area (Å²) in [5.74, 6) is 1.54. The van der Waals surface area contributed by atoms with Crippen LogP contribution >= 0.6 is 58.2 Å². The molecule has 27 heavy (non-hydrogen) atoms. The summed E-state index contributed by atoms with van der Waals surface area (Å²) in [5, 5.41) is 2.33. The van der Waals surface area contributed by atoms with Gasteiger partial charge < -0.3 is 9.30 Å².